The van der Waals surface area contributed by atoms with Crippen LogP contribution in [0.3, 0.4) is 0 Å². The fraction of sp³-hybridized carbons (Fsp3) is 0.462. The summed E-state index contributed by atoms with van der Waals surface area (Å²) in [5.74, 6) is -0.192. The van der Waals surface area contributed by atoms with E-state index in [4.69, 9.17) is 21.4 Å². The van der Waals surface area contributed by atoms with Crippen LogP contribution in [0.1, 0.15) is 20.3 Å². The van der Waals surface area contributed by atoms with Gasteiger partial charge in [0, 0.05) is 18.3 Å². The van der Waals surface area contributed by atoms with Crippen LogP contribution < -0.4 is 9.64 Å². The topological polar surface area (TPSA) is 49.8 Å². The average Bonchev–Trinajstić information content (AvgIpc) is 2.28. The number of rotatable bonds is 6. The first-order valence-electron chi connectivity index (χ1n) is 5.77. The molecule has 1 aromatic rings. The lowest BCUT2D eigenvalue weighted by molar-refractivity contribution is -0.136. The van der Waals surface area contributed by atoms with Crippen LogP contribution in [0, 0.1) is 0 Å². The average molecular weight is 272 g/mol. The van der Waals surface area contributed by atoms with E-state index >= 15 is 0 Å². The molecule has 0 aliphatic carbocycles. The molecule has 0 aliphatic rings. The van der Waals surface area contributed by atoms with Gasteiger partial charge < -0.3 is 14.7 Å². The van der Waals surface area contributed by atoms with Crippen molar-refractivity contribution >= 4 is 23.3 Å². The van der Waals surface area contributed by atoms with E-state index in [2.05, 4.69) is 0 Å². The number of methoxy groups -OCH3 is 1. The molecule has 1 N–H and O–H groups in total. The number of halogens is 1. The molecule has 0 unspecified atom stereocenters. The molecule has 0 saturated carbocycles. The minimum Gasteiger partial charge on any atom is -0.495 e. The number of carbonyl (C=O) groups is 1. The van der Waals surface area contributed by atoms with Crippen LogP contribution >= 0.6 is 11.6 Å². The van der Waals surface area contributed by atoms with E-state index in [9.17, 15) is 4.79 Å². The number of carboxylic acid groups (broad SMARTS) is 1. The van der Waals surface area contributed by atoms with E-state index in [-0.39, 0.29) is 12.5 Å². The maximum absolute atomic E-state index is 10.7. The standard InChI is InChI=1S/C13H18ClNO3/c1-9(2)15(7-6-13(16)17)10-4-5-12(18-3)11(14)8-10/h4-5,8-9H,6-7H2,1-3H3,(H,16,17). The molecule has 0 aromatic heterocycles. The van der Waals surface area contributed by atoms with Crippen molar-refractivity contribution in [2.75, 3.05) is 18.6 Å². The highest BCUT2D eigenvalue weighted by Gasteiger charge is 2.13. The van der Waals surface area contributed by atoms with Crippen molar-refractivity contribution in [3.63, 3.8) is 0 Å². The Hall–Kier alpha value is -1.42. The number of hydrogen-bond donors (Lipinski definition) is 1. The van der Waals surface area contributed by atoms with Gasteiger partial charge in [0.25, 0.3) is 0 Å². The quantitative estimate of drug-likeness (QED) is 0.864. The summed E-state index contributed by atoms with van der Waals surface area (Å²) < 4.78 is 5.09. The SMILES string of the molecule is COc1ccc(N(CCC(=O)O)C(C)C)cc1Cl. The molecule has 0 heterocycles. The van der Waals surface area contributed by atoms with Crippen molar-refractivity contribution in [2.45, 2.75) is 26.3 Å². The molecule has 0 saturated heterocycles. The molecule has 0 aliphatic heterocycles. The lowest BCUT2D eigenvalue weighted by Gasteiger charge is -2.28. The van der Waals surface area contributed by atoms with Crippen LogP contribution in [-0.4, -0.2) is 30.8 Å². The number of ether oxygens (including phenoxy) is 1. The second-order valence-corrected chi connectivity index (χ2v) is 4.66. The fourth-order valence-electron chi connectivity index (χ4n) is 1.74. The molecule has 0 fully saturated rings. The van der Waals surface area contributed by atoms with E-state index in [0.717, 1.165) is 5.69 Å². The summed E-state index contributed by atoms with van der Waals surface area (Å²) in [6.45, 7) is 4.48. The Bertz CT molecular complexity index is 421. The second kappa shape index (κ2) is 6.50. The van der Waals surface area contributed by atoms with E-state index in [1.807, 2.05) is 24.8 Å². The zero-order valence-electron chi connectivity index (χ0n) is 10.8. The highest BCUT2D eigenvalue weighted by atomic mass is 35.5. The minimum atomic E-state index is -0.805. The summed E-state index contributed by atoms with van der Waals surface area (Å²) in [5.41, 5.74) is 0.900. The van der Waals surface area contributed by atoms with Gasteiger partial charge in [-0.05, 0) is 32.0 Å². The number of anilines is 1. The molecule has 0 atom stereocenters. The first kappa shape index (κ1) is 14.6. The Kier molecular flexibility index (Phi) is 5.28. The van der Waals surface area contributed by atoms with Crippen LogP contribution in [0.2, 0.25) is 5.02 Å². The number of hydrogen-bond acceptors (Lipinski definition) is 3. The Labute approximate surface area is 112 Å². The van der Waals surface area contributed by atoms with Gasteiger partial charge >= 0.3 is 5.97 Å². The Morgan fingerprint density at radius 1 is 1.50 bits per heavy atom. The third-order valence-electron chi connectivity index (χ3n) is 2.66. The van der Waals surface area contributed by atoms with E-state index in [1.165, 1.54) is 0 Å². The summed E-state index contributed by atoms with van der Waals surface area (Å²) in [5, 5.41) is 9.28. The fourth-order valence-corrected chi connectivity index (χ4v) is 1.99. The zero-order chi connectivity index (χ0) is 13.7. The molecule has 5 heteroatoms. The molecule has 4 nitrogen and oxygen atoms in total. The normalized spacial score (nSPS) is 10.5. The van der Waals surface area contributed by atoms with Crippen molar-refractivity contribution in [1.82, 2.24) is 0 Å². The van der Waals surface area contributed by atoms with Crippen LogP contribution in [0.15, 0.2) is 18.2 Å². The van der Waals surface area contributed by atoms with Gasteiger partial charge in [-0.25, -0.2) is 0 Å². The number of carboxylic acids is 1. The summed E-state index contributed by atoms with van der Waals surface area (Å²) in [6.07, 6.45) is 0.0990. The summed E-state index contributed by atoms with van der Waals surface area (Å²) in [6, 6.07) is 5.66. The largest absolute Gasteiger partial charge is 0.495 e. The molecular weight excluding hydrogens is 254 g/mol. The van der Waals surface area contributed by atoms with Crippen LogP contribution in [-0.2, 0) is 4.79 Å². The molecule has 0 radical (unpaired) electrons. The van der Waals surface area contributed by atoms with Crippen molar-refractivity contribution in [1.29, 1.82) is 0 Å². The summed E-state index contributed by atoms with van der Waals surface area (Å²) in [7, 11) is 1.56. The Balaban J connectivity index is 2.92. The van der Waals surface area contributed by atoms with E-state index < -0.39 is 5.97 Å². The van der Waals surface area contributed by atoms with Gasteiger partial charge in [-0.15, -0.1) is 0 Å². The zero-order valence-corrected chi connectivity index (χ0v) is 11.6. The third kappa shape index (κ3) is 3.81. The van der Waals surface area contributed by atoms with Crippen molar-refractivity contribution in [3.05, 3.63) is 23.2 Å². The van der Waals surface area contributed by atoms with Gasteiger partial charge in [0.15, 0.2) is 0 Å². The third-order valence-corrected chi connectivity index (χ3v) is 2.95. The highest BCUT2D eigenvalue weighted by Crippen LogP contribution is 2.30. The van der Waals surface area contributed by atoms with Gasteiger partial charge in [-0.3, -0.25) is 4.79 Å². The molecule has 1 rings (SSSR count). The lowest BCUT2D eigenvalue weighted by Crippen LogP contribution is -2.32. The first-order chi connectivity index (χ1) is 8.45. The molecular formula is C13H18ClNO3. The summed E-state index contributed by atoms with van der Waals surface area (Å²) >= 11 is 6.07. The van der Waals surface area contributed by atoms with Crippen molar-refractivity contribution < 1.29 is 14.6 Å². The van der Waals surface area contributed by atoms with Gasteiger partial charge in [0.2, 0.25) is 0 Å². The van der Waals surface area contributed by atoms with Crippen LogP contribution in [0.5, 0.6) is 5.75 Å². The first-order valence-corrected chi connectivity index (χ1v) is 6.15. The van der Waals surface area contributed by atoms with Gasteiger partial charge in [0.05, 0.1) is 18.6 Å². The monoisotopic (exact) mass is 271 g/mol. The second-order valence-electron chi connectivity index (χ2n) is 4.25. The van der Waals surface area contributed by atoms with E-state index in [0.29, 0.717) is 17.3 Å². The molecule has 0 amide bonds. The molecule has 1 aromatic carbocycles. The predicted octanol–water partition coefficient (Wildman–Crippen LogP) is 3.04. The summed E-state index contributed by atoms with van der Waals surface area (Å²) in [4.78, 5) is 12.7. The minimum absolute atomic E-state index is 0.0990. The van der Waals surface area contributed by atoms with Gasteiger partial charge in [-0.1, -0.05) is 11.6 Å². The number of nitrogens with zero attached hydrogens (tertiary/aromatic N) is 1. The van der Waals surface area contributed by atoms with Crippen molar-refractivity contribution in [2.24, 2.45) is 0 Å². The Morgan fingerprint density at radius 2 is 2.17 bits per heavy atom. The smallest absolute Gasteiger partial charge is 0.305 e. The molecule has 100 valence electrons. The van der Waals surface area contributed by atoms with E-state index in [1.54, 1.807) is 19.2 Å². The van der Waals surface area contributed by atoms with Gasteiger partial charge in [-0.2, -0.15) is 0 Å². The maximum atomic E-state index is 10.7. The maximum Gasteiger partial charge on any atom is 0.305 e. The molecule has 0 bridgehead atoms. The highest BCUT2D eigenvalue weighted by molar-refractivity contribution is 6.32. The van der Waals surface area contributed by atoms with Crippen LogP contribution in [0.4, 0.5) is 5.69 Å². The van der Waals surface area contributed by atoms with Gasteiger partial charge in [0.1, 0.15) is 5.75 Å². The van der Waals surface area contributed by atoms with Crippen molar-refractivity contribution in [3.8, 4) is 5.75 Å². The van der Waals surface area contributed by atoms with Crippen LogP contribution in [0.25, 0.3) is 0 Å². The lowest BCUT2D eigenvalue weighted by atomic mass is 10.2. The number of benzene rings is 1. The molecule has 0 spiro atoms. The Morgan fingerprint density at radius 3 is 2.61 bits per heavy atom. The molecule has 18 heavy (non-hydrogen) atoms. The predicted molar refractivity (Wildman–Crippen MR) is 72.7 cm³/mol. The number of aliphatic carboxylic acids is 1.